The summed E-state index contributed by atoms with van der Waals surface area (Å²) in [5, 5.41) is 6.38. The Morgan fingerprint density at radius 1 is 1.36 bits per heavy atom. The number of anilines is 1. The van der Waals surface area contributed by atoms with Gasteiger partial charge in [0.25, 0.3) is 0 Å². The average Bonchev–Trinajstić information content (AvgIpc) is 2.46. The molecule has 1 fully saturated rings. The third-order valence-corrected chi connectivity index (χ3v) is 5.07. The molecule has 0 aromatic heterocycles. The maximum Gasteiger partial charge on any atom is 0.241 e. The highest BCUT2D eigenvalue weighted by Crippen LogP contribution is 2.30. The highest BCUT2D eigenvalue weighted by atomic mass is 35.5. The van der Waals surface area contributed by atoms with E-state index < -0.39 is 5.82 Å². The quantitative estimate of drug-likeness (QED) is 0.869. The van der Waals surface area contributed by atoms with E-state index >= 15 is 0 Å². The van der Waals surface area contributed by atoms with E-state index in [4.69, 9.17) is 11.6 Å². The lowest BCUT2D eigenvalue weighted by molar-refractivity contribution is -0.118. The number of nitrogens with one attached hydrogen (secondary N) is 2. The van der Waals surface area contributed by atoms with Crippen LogP contribution in [0.2, 0.25) is 5.02 Å². The van der Waals surface area contributed by atoms with Gasteiger partial charge in [-0.15, -0.1) is 0 Å². The van der Waals surface area contributed by atoms with Gasteiger partial charge in [-0.1, -0.05) is 38.3 Å². The van der Waals surface area contributed by atoms with E-state index in [-0.39, 0.29) is 17.0 Å². The van der Waals surface area contributed by atoms with Crippen LogP contribution in [-0.4, -0.2) is 18.0 Å². The Morgan fingerprint density at radius 3 is 2.77 bits per heavy atom. The molecule has 0 saturated heterocycles. The maximum absolute atomic E-state index is 13.0. The molecule has 2 rings (SSSR count). The van der Waals surface area contributed by atoms with Crippen molar-refractivity contribution in [3.05, 3.63) is 29.0 Å². The van der Waals surface area contributed by atoms with E-state index in [2.05, 4.69) is 24.5 Å². The summed E-state index contributed by atoms with van der Waals surface area (Å²) in [7, 11) is 0. The predicted octanol–water partition coefficient (Wildman–Crippen LogP) is 4.22. The third-order valence-electron chi connectivity index (χ3n) is 4.75. The third kappa shape index (κ3) is 4.20. The zero-order chi connectivity index (χ0) is 16.3. The summed E-state index contributed by atoms with van der Waals surface area (Å²) in [4.78, 5) is 12.3. The second kappa shape index (κ2) is 7.42. The summed E-state index contributed by atoms with van der Waals surface area (Å²) in [6.07, 6.45) is 3.55. The molecule has 4 atom stereocenters. The maximum atomic E-state index is 13.0. The van der Waals surface area contributed by atoms with E-state index in [1.807, 2.05) is 6.92 Å². The Balaban J connectivity index is 1.94. The van der Waals surface area contributed by atoms with E-state index in [1.54, 1.807) is 0 Å². The van der Waals surface area contributed by atoms with Crippen LogP contribution in [0.25, 0.3) is 0 Å². The first kappa shape index (κ1) is 17.2. The Kier molecular flexibility index (Phi) is 5.81. The molecule has 122 valence electrons. The molecule has 1 amide bonds. The number of amides is 1. The van der Waals surface area contributed by atoms with Gasteiger partial charge >= 0.3 is 0 Å². The molecule has 0 heterocycles. The zero-order valence-corrected chi connectivity index (χ0v) is 14.1. The Morgan fingerprint density at radius 2 is 2.09 bits per heavy atom. The largest absolute Gasteiger partial charge is 0.323 e. The highest BCUT2D eigenvalue weighted by molar-refractivity contribution is 6.33. The standard InChI is InChI=1S/C17H24ClFN2O/c1-10-5-4-6-15(11(10)2)20-12(3)17(22)21-16-8-7-13(19)9-14(16)18/h7-12,15,20H,4-6H2,1-3H3,(H,21,22)/t10-,11+,12-,15+/m0/s1. The number of carbonyl (C=O) groups is 1. The fourth-order valence-corrected chi connectivity index (χ4v) is 3.26. The number of hydrogen-bond donors (Lipinski definition) is 2. The molecule has 22 heavy (non-hydrogen) atoms. The van der Waals surface area contributed by atoms with Crippen molar-refractivity contribution in [3.8, 4) is 0 Å². The molecule has 0 unspecified atom stereocenters. The van der Waals surface area contributed by atoms with Gasteiger partial charge in [-0.2, -0.15) is 0 Å². The number of hydrogen-bond acceptors (Lipinski definition) is 2. The molecule has 1 aliphatic rings. The number of rotatable bonds is 4. The molecular formula is C17H24ClFN2O. The van der Waals surface area contributed by atoms with Gasteiger partial charge in [0.15, 0.2) is 0 Å². The minimum absolute atomic E-state index is 0.154. The Hall–Kier alpha value is -1.13. The van der Waals surface area contributed by atoms with E-state index in [1.165, 1.54) is 31.0 Å². The van der Waals surface area contributed by atoms with Crippen LogP contribution in [-0.2, 0) is 4.79 Å². The number of benzene rings is 1. The summed E-state index contributed by atoms with van der Waals surface area (Å²) >= 11 is 5.94. The fourth-order valence-electron chi connectivity index (χ4n) is 3.05. The van der Waals surface area contributed by atoms with Crippen LogP contribution in [0.5, 0.6) is 0 Å². The van der Waals surface area contributed by atoms with Crippen molar-refractivity contribution in [3.63, 3.8) is 0 Å². The zero-order valence-electron chi connectivity index (χ0n) is 13.3. The van der Waals surface area contributed by atoms with Gasteiger partial charge < -0.3 is 10.6 Å². The Bertz CT molecular complexity index is 537. The SMILES string of the molecule is C[C@@H]1[C@@H](C)CCC[C@H]1N[C@@H](C)C(=O)Nc1ccc(F)cc1Cl. The first-order chi connectivity index (χ1) is 10.4. The van der Waals surface area contributed by atoms with Gasteiger partial charge in [-0.3, -0.25) is 4.79 Å². The van der Waals surface area contributed by atoms with Crippen molar-refractivity contribution in [1.29, 1.82) is 0 Å². The lowest BCUT2D eigenvalue weighted by Gasteiger charge is -2.36. The monoisotopic (exact) mass is 326 g/mol. The van der Waals surface area contributed by atoms with Gasteiger partial charge in [0.1, 0.15) is 5.82 Å². The molecular weight excluding hydrogens is 303 g/mol. The van der Waals surface area contributed by atoms with Crippen molar-refractivity contribution in [2.45, 2.75) is 52.1 Å². The van der Waals surface area contributed by atoms with Gasteiger partial charge in [0, 0.05) is 6.04 Å². The highest BCUT2D eigenvalue weighted by Gasteiger charge is 2.29. The normalized spacial score (nSPS) is 26.5. The first-order valence-corrected chi connectivity index (χ1v) is 8.28. The Labute approximate surface area is 136 Å². The van der Waals surface area contributed by atoms with Crippen LogP contribution in [0.15, 0.2) is 18.2 Å². The van der Waals surface area contributed by atoms with Crippen LogP contribution in [0, 0.1) is 17.7 Å². The van der Waals surface area contributed by atoms with E-state index in [0.29, 0.717) is 23.6 Å². The molecule has 1 aromatic rings. The second-order valence-electron chi connectivity index (χ2n) is 6.38. The minimum Gasteiger partial charge on any atom is -0.323 e. The predicted molar refractivity (Wildman–Crippen MR) is 88.6 cm³/mol. The van der Waals surface area contributed by atoms with Gasteiger partial charge in [0.05, 0.1) is 16.8 Å². The van der Waals surface area contributed by atoms with Crippen molar-refractivity contribution >= 4 is 23.2 Å². The van der Waals surface area contributed by atoms with Gasteiger partial charge in [-0.25, -0.2) is 4.39 Å². The average molecular weight is 327 g/mol. The molecule has 0 bridgehead atoms. The topological polar surface area (TPSA) is 41.1 Å². The van der Waals surface area contributed by atoms with Crippen LogP contribution >= 0.6 is 11.6 Å². The molecule has 1 saturated carbocycles. The summed E-state index contributed by atoms with van der Waals surface area (Å²) in [5.74, 6) is 0.657. The van der Waals surface area contributed by atoms with Crippen molar-refractivity contribution in [1.82, 2.24) is 5.32 Å². The molecule has 2 N–H and O–H groups in total. The van der Waals surface area contributed by atoms with Crippen LogP contribution in [0.4, 0.5) is 10.1 Å². The summed E-state index contributed by atoms with van der Waals surface area (Å²) in [6, 6.07) is 3.99. The van der Waals surface area contributed by atoms with Crippen molar-refractivity contribution in [2.75, 3.05) is 5.32 Å². The number of halogens is 2. The van der Waals surface area contributed by atoms with Crippen LogP contribution in [0.1, 0.15) is 40.0 Å². The van der Waals surface area contributed by atoms with Gasteiger partial charge in [-0.05, 0) is 43.4 Å². The van der Waals surface area contributed by atoms with Crippen LogP contribution in [0.3, 0.4) is 0 Å². The molecule has 1 aromatic carbocycles. The molecule has 0 aliphatic heterocycles. The molecule has 0 radical (unpaired) electrons. The van der Waals surface area contributed by atoms with E-state index in [0.717, 1.165) is 6.42 Å². The van der Waals surface area contributed by atoms with E-state index in [9.17, 15) is 9.18 Å². The fraction of sp³-hybridized carbons (Fsp3) is 0.588. The summed E-state index contributed by atoms with van der Waals surface area (Å²) in [6.45, 7) is 6.35. The molecule has 1 aliphatic carbocycles. The molecule has 5 heteroatoms. The lowest BCUT2D eigenvalue weighted by atomic mass is 9.78. The van der Waals surface area contributed by atoms with Crippen LogP contribution < -0.4 is 10.6 Å². The first-order valence-electron chi connectivity index (χ1n) is 7.90. The second-order valence-corrected chi connectivity index (χ2v) is 6.78. The lowest BCUT2D eigenvalue weighted by Crippen LogP contribution is -2.49. The minimum atomic E-state index is -0.417. The summed E-state index contributed by atoms with van der Waals surface area (Å²) in [5.41, 5.74) is 0.437. The molecule has 0 spiro atoms. The number of carbonyl (C=O) groups excluding carboxylic acids is 1. The smallest absolute Gasteiger partial charge is 0.241 e. The van der Waals surface area contributed by atoms with Crippen molar-refractivity contribution in [2.24, 2.45) is 11.8 Å². The van der Waals surface area contributed by atoms with Crippen molar-refractivity contribution < 1.29 is 9.18 Å². The molecule has 3 nitrogen and oxygen atoms in total. The van der Waals surface area contributed by atoms with Gasteiger partial charge in [0.2, 0.25) is 5.91 Å². The summed E-state index contributed by atoms with van der Waals surface area (Å²) < 4.78 is 13.0.